The van der Waals surface area contributed by atoms with Crippen LogP contribution >= 0.6 is 0 Å². The number of fused-ring (bicyclic) bond motifs is 1. The largest absolute Gasteiger partial charge is 0.398 e. The van der Waals surface area contributed by atoms with Crippen molar-refractivity contribution in [2.75, 3.05) is 30.0 Å². The number of carbonyl (C=O) groups excluding carboxylic acids is 1. The molecule has 4 rings (SSSR count). The van der Waals surface area contributed by atoms with E-state index in [2.05, 4.69) is 21.4 Å². The summed E-state index contributed by atoms with van der Waals surface area (Å²) in [5.41, 5.74) is 9.83. The summed E-state index contributed by atoms with van der Waals surface area (Å²) in [5, 5.41) is 13.4. The molecule has 2 aromatic heterocycles. The molecular formula is C21H20N6O. The van der Waals surface area contributed by atoms with Crippen molar-refractivity contribution in [2.24, 2.45) is 11.8 Å². The predicted molar refractivity (Wildman–Crippen MR) is 110 cm³/mol. The summed E-state index contributed by atoms with van der Waals surface area (Å²) in [4.78, 5) is 22.8. The van der Waals surface area contributed by atoms with Crippen LogP contribution in [0.2, 0.25) is 0 Å². The summed E-state index contributed by atoms with van der Waals surface area (Å²) in [7, 11) is 3.96. The molecule has 0 unspecified atom stereocenters. The lowest BCUT2D eigenvalue weighted by Crippen LogP contribution is -2.15. The average molecular weight is 372 g/mol. The first kappa shape index (κ1) is 17.7. The van der Waals surface area contributed by atoms with Crippen LogP contribution in [0.25, 0.3) is 21.9 Å². The molecular weight excluding hydrogens is 352 g/mol. The second kappa shape index (κ2) is 6.82. The number of anilines is 3. The Morgan fingerprint density at radius 1 is 1.32 bits per heavy atom. The van der Waals surface area contributed by atoms with Crippen molar-refractivity contribution in [1.82, 2.24) is 9.97 Å². The molecule has 1 aliphatic rings. The van der Waals surface area contributed by atoms with E-state index in [-0.39, 0.29) is 17.7 Å². The van der Waals surface area contributed by atoms with E-state index in [9.17, 15) is 4.79 Å². The molecule has 0 saturated heterocycles. The summed E-state index contributed by atoms with van der Waals surface area (Å²) in [6.45, 7) is 0. The quantitative estimate of drug-likeness (QED) is 0.682. The van der Waals surface area contributed by atoms with Crippen LogP contribution in [-0.2, 0) is 4.79 Å². The Morgan fingerprint density at radius 2 is 2.14 bits per heavy atom. The van der Waals surface area contributed by atoms with Gasteiger partial charge in [0.15, 0.2) is 0 Å². The molecule has 0 aliphatic heterocycles. The number of aromatic nitrogens is 2. The maximum absolute atomic E-state index is 12.2. The van der Waals surface area contributed by atoms with E-state index in [1.165, 1.54) is 0 Å². The van der Waals surface area contributed by atoms with E-state index in [0.29, 0.717) is 17.9 Å². The molecule has 140 valence electrons. The average Bonchev–Trinajstić information content (AvgIpc) is 3.47. The second-order valence-electron chi connectivity index (χ2n) is 7.21. The molecule has 7 heteroatoms. The molecule has 0 bridgehead atoms. The third-order valence-corrected chi connectivity index (χ3v) is 5.00. The lowest BCUT2D eigenvalue weighted by molar-refractivity contribution is -0.117. The van der Waals surface area contributed by atoms with Crippen LogP contribution in [0.5, 0.6) is 0 Å². The van der Waals surface area contributed by atoms with Crippen LogP contribution in [-0.4, -0.2) is 30.0 Å². The lowest BCUT2D eigenvalue weighted by Gasteiger charge is -2.18. The third-order valence-electron chi connectivity index (χ3n) is 5.00. The minimum atomic E-state index is -0.239. The molecule has 28 heavy (non-hydrogen) atoms. The van der Waals surface area contributed by atoms with Gasteiger partial charge in [0.25, 0.3) is 0 Å². The number of nitrogens with one attached hydrogen (secondary N) is 1. The zero-order chi connectivity index (χ0) is 19.8. The van der Waals surface area contributed by atoms with E-state index < -0.39 is 0 Å². The van der Waals surface area contributed by atoms with Crippen molar-refractivity contribution in [3.05, 3.63) is 42.9 Å². The number of nitrogens with zero attached hydrogens (tertiary/aromatic N) is 4. The number of pyridine rings is 2. The van der Waals surface area contributed by atoms with Crippen molar-refractivity contribution in [3.8, 4) is 17.2 Å². The highest BCUT2D eigenvalue weighted by atomic mass is 16.2. The van der Waals surface area contributed by atoms with Crippen LogP contribution < -0.4 is 16.0 Å². The number of nitriles is 1. The van der Waals surface area contributed by atoms with Crippen LogP contribution in [0.4, 0.5) is 17.2 Å². The summed E-state index contributed by atoms with van der Waals surface area (Å²) < 4.78 is 0. The van der Waals surface area contributed by atoms with Gasteiger partial charge in [0, 0.05) is 55.0 Å². The van der Waals surface area contributed by atoms with Crippen molar-refractivity contribution in [3.63, 3.8) is 0 Å². The lowest BCUT2D eigenvalue weighted by atomic mass is 10.0. The van der Waals surface area contributed by atoms with Gasteiger partial charge in [-0.25, -0.2) is 4.98 Å². The fraction of sp³-hybridized carbons (Fsp3) is 0.238. The van der Waals surface area contributed by atoms with Crippen molar-refractivity contribution in [1.29, 1.82) is 5.26 Å². The SMILES string of the molecule is CN(C)c1ccncc1-c1cc(N)c2cnc(NC(=O)[C@H]3C[C@@H]3C#N)cc2c1. The number of benzene rings is 1. The van der Waals surface area contributed by atoms with Crippen LogP contribution in [0, 0.1) is 23.2 Å². The highest BCUT2D eigenvalue weighted by molar-refractivity contribution is 6.00. The van der Waals surface area contributed by atoms with Crippen molar-refractivity contribution in [2.45, 2.75) is 6.42 Å². The first-order valence-electron chi connectivity index (χ1n) is 8.99. The summed E-state index contributed by atoms with van der Waals surface area (Å²) in [6.07, 6.45) is 5.85. The first-order valence-corrected chi connectivity index (χ1v) is 8.99. The predicted octanol–water partition coefficient (Wildman–Crippen LogP) is 3.04. The Morgan fingerprint density at radius 3 is 2.86 bits per heavy atom. The van der Waals surface area contributed by atoms with E-state index in [1.807, 2.05) is 49.5 Å². The maximum atomic E-state index is 12.2. The molecule has 1 amide bonds. The molecule has 1 fully saturated rings. The number of amides is 1. The Hall–Kier alpha value is -3.66. The van der Waals surface area contributed by atoms with E-state index in [1.54, 1.807) is 12.4 Å². The Labute approximate surface area is 162 Å². The summed E-state index contributed by atoms with van der Waals surface area (Å²) in [5.74, 6) is -0.129. The molecule has 7 nitrogen and oxygen atoms in total. The van der Waals surface area contributed by atoms with Gasteiger partial charge in [0.1, 0.15) is 5.82 Å². The van der Waals surface area contributed by atoms with Crippen LogP contribution in [0.1, 0.15) is 6.42 Å². The molecule has 3 N–H and O–H groups in total. The van der Waals surface area contributed by atoms with Gasteiger partial charge in [-0.05, 0) is 41.6 Å². The van der Waals surface area contributed by atoms with Gasteiger partial charge in [0.2, 0.25) is 5.91 Å². The van der Waals surface area contributed by atoms with Gasteiger partial charge in [-0.2, -0.15) is 5.26 Å². The molecule has 1 saturated carbocycles. The van der Waals surface area contributed by atoms with Crippen LogP contribution in [0.3, 0.4) is 0 Å². The topological polar surface area (TPSA) is 108 Å². The normalized spacial score (nSPS) is 17.8. The molecule has 2 atom stereocenters. The van der Waals surface area contributed by atoms with Gasteiger partial charge in [-0.1, -0.05) is 0 Å². The van der Waals surface area contributed by atoms with Crippen molar-refractivity contribution < 1.29 is 4.79 Å². The molecule has 2 heterocycles. The highest BCUT2D eigenvalue weighted by Gasteiger charge is 2.43. The smallest absolute Gasteiger partial charge is 0.230 e. The number of nitrogens with two attached hydrogens (primary N) is 1. The number of nitrogen functional groups attached to an aromatic ring is 1. The Kier molecular flexibility index (Phi) is 4.32. The maximum Gasteiger partial charge on any atom is 0.230 e. The third kappa shape index (κ3) is 3.21. The summed E-state index contributed by atoms with van der Waals surface area (Å²) >= 11 is 0. The fourth-order valence-electron chi connectivity index (χ4n) is 3.36. The zero-order valence-electron chi connectivity index (χ0n) is 15.7. The fourth-order valence-corrected chi connectivity index (χ4v) is 3.36. The van der Waals surface area contributed by atoms with E-state index >= 15 is 0 Å². The molecule has 0 radical (unpaired) electrons. The number of hydrogen-bond donors (Lipinski definition) is 2. The molecule has 0 spiro atoms. The number of hydrogen-bond acceptors (Lipinski definition) is 6. The number of carbonyl (C=O) groups is 1. The van der Waals surface area contributed by atoms with Crippen LogP contribution in [0.15, 0.2) is 42.9 Å². The standard InChI is InChI=1S/C21H20N6O/c1-27(2)19-3-4-24-10-17(19)12-5-13-8-20(25-11-16(13)18(23)7-12)26-21(28)15-6-14(15)9-22/h3-5,7-8,10-11,14-15H,6,23H2,1-2H3,(H,25,26,28)/t14-,15+/m1/s1. The number of rotatable bonds is 4. The molecule has 1 aromatic carbocycles. The minimum absolute atomic E-state index is 0.162. The van der Waals surface area contributed by atoms with Crippen molar-refractivity contribution >= 4 is 33.9 Å². The molecule has 1 aliphatic carbocycles. The summed E-state index contributed by atoms with van der Waals surface area (Å²) in [6, 6.07) is 9.81. The van der Waals surface area contributed by atoms with Gasteiger partial charge < -0.3 is 16.0 Å². The Balaban J connectivity index is 1.71. The second-order valence-corrected chi connectivity index (χ2v) is 7.21. The van der Waals surface area contributed by atoms with Gasteiger partial charge in [0.05, 0.1) is 17.9 Å². The first-order chi connectivity index (χ1) is 13.5. The van der Waals surface area contributed by atoms with Gasteiger partial charge >= 0.3 is 0 Å². The molecule has 3 aromatic rings. The minimum Gasteiger partial charge on any atom is -0.398 e. The van der Waals surface area contributed by atoms with E-state index in [4.69, 9.17) is 11.0 Å². The monoisotopic (exact) mass is 372 g/mol. The highest BCUT2D eigenvalue weighted by Crippen LogP contribution is 2.39. The van der Waals surface area contributed by atoms with Gasteiger partial charge in [-0.15, -0.1) is 0 Å². The zero-order valence-corrected chi connectivity index (χ0v) is 15.7. The van der Waals surface area contributed by atoms with E-state index in [0.717, 1.165) is 27.6 Å². The Bertz CT molecular complexity index is 1120. The van der Waals surface area contributed by atoms with Gasteiger partial charge in [-0.3, -0.25) is 9.78 Å².